The van der Waals surface area contributed by atoms with Gasteiger partial charge in [-0.1, -0.05) is 73.7 Å². The Morgan fingerprint density at radius 3 is 1.81 bits per heavy atom. The number of anilines is 1. The Morgan fingerprint density at radius 2 is 1.27 bits per heavy atom. The van der Waals surface area contributed by atoms with Crippen LogP contribution in [0.25, 0.3) is 0 Å². The Kier molecular flexibility index (Phi) is 3.92. The number of hydrogen-bond donors (Lipinski definition) is 1. The molecule has 0 fully saturated rings. The molecule has 0 saturated heterocycles. The molecular formula is C23H19NO2. The van der Waals surface area contributed by atoms with E-state index < -0.39 is 5.54 Å². The molecule has 0 bridgehead atoms. The summed E-state index contributed by atoms with van der Waals surface area (Å²) in [5.74, 6) is -0.410. The van der Waals surface area contributed by atoms with Gasteiger partial charge in [0.15, 0.2) is 5.54 Å². The van der Waals surface area contributed by atoms with Crippen molar-refractivity contribution in [3.05, 3.63) is 101 Å². The van der Waals surface area contributed by atoms with Crippen LogP contribution in [-0.2, 0) is 12.0 Å². The van der Waals surface area contributed by atoms with Crippen molar-refractivity contribution in [2.24, 2.45) is 0 Å². The molecule has 26 heavy (non-hydrogen) atoms. The summed E-state index contributed by atoms with van der Waals surface area (Å²) < 4.78 is 0. The maximum Gasteiger partial charge on any atom is 0.201 e. The molecule has 0 saturated carbocycles. The number of nitrogens with one attached hydrogen (secondary N) is 1. The van der Waals surface area contributed by atoms with Gasteiger partial charge in [-0.3, -0.25) is 9.59 Å². The van der Waals surface area contributed by atoms with Crippen molar-refractivity contribution >= 4 is 17.3 Å². The highest BCUT2D eigenvalue weighted by atomic mass is 16.2. The maximum absolute atomic E-state index is 13.4. The Morgan fingerprint density at radius 1 is 0.731 bits per heavy atom. The zero-order chi connectivity index (χ0) is 18.1. The summed E-state index contributed by atoms with van der Waals surface area (Å²) in [6.07, 6.45) is 0.938. The average Bonchev–Trinajstić information content (AvgIpc) is 2.92. The van der Waals surface area contributed by atoms with Crippen LogP contribution in [0.15, 0.2) is 78.9 Å². The number of ketones is 2. The number of carbonyl (C=O) groups excluding carboxylic acids is 2. The van der Waals surface area contributed by atoms with Crippen molar-refractivity contribution in [3.8, 4) is 0 Å². The van der Waals surface area contributed by atoms with Gasteiger partial charge in [-0.2, -0.15) is 0 Å². The van der Waals surface area contributed by atoms with E-state index in [1.807, 2.05) is 54.6 Å². The van der Waals surface area contributed by atoms with Crippen molar-refractivity contribution in [2.75, 3.05) is 5.32 Å². The molecule has 3 aromatic rings. The lowest BCUT2D eigenvalue weighted by atomic mass is 9.84. The molecule has 0 aromatic heterocycles. The Hall–Kier alpha value is -3.20. The SMILES string of the molecule is CCc1ccc(NC2(c3ccccc3)C(=O)c3ccccc3C2=O)cc1. The Labute approximate surface area is 152 Å². The summed E-state index contributed by atoms with van der Waals surface area (Å²) >= 11 is 0. The lowest BCUT2D eigenvalue weighted by Gasteiger charge is -2.29. The molecular weight excluding hydrogens is 322 g/mol. The second kappa shape index (κ2) is 6.26. The minimum absolute atomic E-state index is 0.205. The van der Waals surface area contributed by atoms with Gasteiger partial charge in [-0.15, -0.1) is 0 Å². The Balaban J connectivity index is 1.87. The fourth-order valence-electron chi connectivity index (χ4n) is 3.56. The number of rotatable bonds is 4. The van der Waals surface area contributed by atoms with Crippen LogP contribution in [0.3, 0.4) is 0 Å². The summed E-state index contributed by atoms with van der Waals surface area (Å²) in [6, 6.07) is 24.1. The second-order valence-corrected chi connectivity index (χ2v) is 6.50. The fraction of sp³-hybridized carbons (Fsp3) is 0.130. The molecule has 3 heteroatoms. The first kappa shape index (κ1) is 16.3. The third-order valence-electron chi connectivity index (χ3n) is 5.00. The predicted octanol–water partition coefficient (Wildman–Crippen LogP) is 4.64. The fourth-order valence-corrected chi connectivity index (χ4v) is 3.56. The molecule has 0 radical (unpaired) electrons. The lowest BCUT2D eigenvalue weighted by molar-refractivity contribution is 0.0819. The van der Waals surface area contributed by atoms with Crippen molar-refractivity contribution in [1.82, 2.24) is 0 Å². The minimum atomic E-state index is -1.42. The van der Waals surface area contributed by atoms with E-state index in [9.17, 15) is 9.59 Å². The van der Waals surface area contributed by atoms with Crippen LogP contribution in [0.1, 0.15) is 38.8 Å². The first-order valence-corrected chi connectivity index (χ1v) is 8.78. The first-order chi connectivity index (χ1) is 12.7. The topological polar surface area (TPSA) is 46.2 Å². The molecule has 1 aliphatic rings. The van der Waals surface area contributed by atoms with E-state index in [-0.39, 0.29) is 11.6 Å². The highest BCUT2D eigenvalue weighted by molar-refractivity contribution is 6.34. The van der Waals surface area contributed by atoms with Crippen LogP contribution in [0.2, 0.25) is 0 Å². The van der Waals surface area contributed by atoms with Gasteiger partial charge in [0, 0.05) is 16.8 Å². The number of fused-ring (bicyclic) bond motifs is 1. The zero-order valence-corrected chi connectivity index (χ0v) is 14.5. The van der Waals surface area contributed by atoms with Gasteiger partial charge in [-0.05, 0) is 29.7 Å². The number of Topliss-reactive ketones (excluding diaryl/α,β-unsaturated/α-hetero) is 2. The van der Waals surface area contributed by atoms with Gasteiger partial charge in [0.05, 0.1) is 0 Å². The van der Waals surface area contributed by atoms with Crippen LogP contribution in [0.4, 0.5) is 5.69 Å². The second-order valence-electron chi connectivity index (χ2n) is 6.50. The molecule has 3 aromatic carbocycles. The highest BCUT2D eigenvalue weighted by Crippen LogP contribution is 2.40. The molecule has 3 nitrogen and oxygen atoms in total. The summed E-state index contributed by atoms with van der Waals surface area (Å²) in [6.45, 7) is 2.09. The van der Waals surface area contributed by atoms with Crippen molar-refractivity contribution < 1.29 is 9.59 Å². The van der Waals surface area contributed by atoms with Crippen LogP contribution in [0.5, 0.6) is 0 Å². The van der Waals surface area contributed by atoms with Gasteiger partial charge >= 0.3 is 0 Å². The quantitative estimate of drug-likeness (QED) is 0.704. The molecule has 0 aliphatic heterocycles. The van der Waals surface area contributed by atoms with Crippen molar-refractivity contribution in [2.45, 2.75) is 18.9 Å². The Bertz CT molecular complexity index is 940. The molecule has 4 rings (SSSR count). The standard InChI is InChI=1S/C23H19NO2/c1-2-16-12-14-18(15-13-16)24-23(17-8-4-3-5-9-17)21(25)19-10-6-7-11-20(19)22(23)26/h3-15,24H,2H2,1H3. The van der Waals surface area contributed by atoms with E-state index in [1.54, 1.807) is 24.3 Å². The van der Waals surface area contributed by atoms with Gasteiger partial charge in [0.2, 0.25) is 11.6 Å². The van der Waals surface area contributed by atoms with E-state index in [1.165, 1.54) is 5.56 Å². The third kappa shape index (κ3) is 2.36. The normalized spacial score (nSPS) is 15.0. The molecule has 1 aliphatic carbocycles. The van der Waals surface area contributed by atoms with E-state index in [0.29, 0.717) is 16.7 Å². The van der Waals surface area contributed by atoms with Crippen molar-refractivity contribution in [1.29, 1.82) is 0 Å². The van der Waals surface area contributed by atoms with Crippen LogP contribution in [0, 0.1) is 0 Å². The molecule has 1 N–H and O–H groups in total. The largest absolute Gasteiger partial charge is 0.363 e. The van der Waals surface area contributed by atoms with Crippen LogP contribution < -0.4 is 5.32 Å². The molecule has 0 amide bonds. The first-order valence-electron chi connectivity index (χ1n) is 8.78. The summed E-state index contributed by atoms with van der Waals surface area (Å²) in [5.41, 5.74) is 2.14. The van der Waals surface area contributed by atoms with E-state index >= 15 is 0 Å². The smallest absolute Gasteiger partial charge is 0.201 e. The van der Waals surface area contributed by atoms with Crippen molar-refractivity contribution in [3.63, 3.8) is 0 Å². The van der Waals surface area contributed by atoms with E-state index in [4.69, 9.17) is 0 Å². The predicted molar refractivity (Wildman–Crippen MR) is 103 cm³/mol. The highest BCUT2D eigenvalue weighted by Gasteiger charge is 2.54. The number of hydrogen-bond acceptors (Lipinski definition) is 3. The number of benzene rings is 3. The molecule has 0 spiro atoms. The summed E-state index contributed by atoms with van der Waals surface area (Å²) in [5, 5.41) is 3.27. The van der Waals surface area contributed by atoms with E-state index in [0.717, 1.165) is 12.1 Å². The average molecular weight is 341 g/mol. The third-order valence-corrected chi connectivity index (χ3v) is 5.00. The lowest BCUT2D eigenvalue weighted by Crippen LogP contribution is -2.46. The number of aryl methyl sites for hydroxylation is 1. The maximum atomic E-state index is 13.4. The van der Waals surface area contributed by atoms with Gasteiger partial charge in [-0.25, -0.2) is 0 Å². The number of carbonyl (C=O) groups is 2. The van der Waals surface area contributed by atoms with Gasteiger partial charge < -0.3 is 5.32 Å². The minimum Gasteiger partial charge on any atom is -0.363 e. The molecule has 0 unspecified atom stereocenters. The van der Waals surface area contributed by atoms with Crippen LogP contribution >= 0.6 is 0 Å². The molecule has 0 heterocycles. The monoisotopic (exact) mass is 341 g/mol. The zero-order valence-electron chi connectivity index (χ0n) is 14.5. The molecule has 128 valence electrons. The van der Waals surface area contributed by atoms with E-state index in [2.05, 4.69) is 12.2 Å². The van der Waals surface area contributed by atoms with Gasteiger partial charge in [0.25, 0.3) is 0 Å². The van der Waals surface area contributed by atoms with Gasteiger partial charge in [0.1, 0.15) is 0 Å². The molecule has 0 atom stereocenters. The summed E-state index contributed by atoms with van der Waals surface area (Å²) in [7, 11) is 0. The van der Waals surface area contributed by atoms with Crippen LogP contribution in [-0.4, -0.2) is 11.6 Å². The summed E-state index contributed by atoms with van der Waals surface area (Å²) in [4.78, 5) is 26.7.